The number of halogens is 1. The van der Waals surface area contributed by atoms with E-state index in [-0.39, 0.29) is 29.3 Å². The average molecular weight is 407 g/mol. The van der Waals surface area contributed by atoms with Crippen LogP contribution >= 0.6 is 0 Å². The van der Waals surface area contributed by atoms with Gasteiger partial charge in [-0.1, -0.05) is 23.4 Å². The number of para-hydroxylation sites is 1. The lowest BCUT2D eigenvalue weighted by Gasteiger charge is -2.34. The monoisotopic (exact) mass is 407 g/mol. The number of benzene rings is 2. The van der Waals surface area contributed by atoms with E-state index in [9.17, 15) is 14.0 Å². The van der Waals surface area contributed by atoms with E-state index in [0.717, 1.165) is 17.0 Å². The van der Waals surface area contributed by atoms with E-state index in [4.69, 9.17) is 4.84 Å². The molecule has 7 heteroatoms. The van der Waals surface area contributed by atoms with Crippen LogP contribution in [-0.4, -0.2) is 48.0 Å². The Morgan fingerprint density at radius 1 is 1.07 bits per heavy atom. The molecule has 1 amide bonds. The Labute approximate surface area is 173 Å². The number of ketones is 1. The molecule has 0 aliphatic carbocycles. The van der Waals surface area contributed by atoms with Gasteiger partial charge in [0.25, 0.3) is 5.91 Å². The molecule has 0 aromatic heterocycles. The summed E-state index contributed by atoms with van der Waals surface area (Å²) in [7, 11) is 0. The van der Waals surface area contributed by atoms with Gasteiger partial charge in [-0.25, -0.2) is 4.39 Å². The van der Waals surface area contributed by atoms with Gasteiger partial charge in [0.2, 0.25) is 6.10 Å². The number of likely N-dealkylation sites (tertiary alicyclic amines) is 1. The number of carbonyl (C=O) groups excluding carboxylic acids is 2. The number of rotatable bonds is 3. The molecule has 1 saturated heterocycles. The number of hydrogen-bond donors (Lipinski definition) is 1. The minimum atomic E-state index is -0.634. The number of amides is 1. The highest BCUT2D eigenvalue weighted by molar-refractivity contribution is 6.11. The van der Waals surface area contributed by atoms with E-state index < -0.39 is 6.10 Å². The van der Waals surface area contributed by atoms with Crippen molar-refractivity contribution >= 4 is 23.1 Å². The first kappa shape index (κ1) is 18.8. The summed E-state index contributed by atoms with van der Waals surface area (Å²) < 4.78 is 13.1. The Hall–Kier alpha value is -3.22. The number of nitrogens with zero attached hydrogens (tertiary/aromatic N) is 2. The van der Waals surface area contributed by atoms with Gasteiger partial charge in [0.15, 0.2) is 5.78 Å². The maximum atomic E-state index is 13.1. The molecule has 3 aliphatic heterocycles. The standard InChI is InChI=1S/C23H22FN3O3/c24-16-7-5-14(6-8-16)21(28)15-9-11-27(12-10-15)23(29)22-18-13-25-19-4-2-1-3-17(19)20(18)26-30-22/h1-8,15,18,22,25H,9-13H2/t18-,22+/m0/s1. The normalized spacial score (nSPS) is 23.0. The number of piperidine rings is 1. The van der Waals surface area contributed by atoms with Crippen molar-refractivity contribution in [1.29, 1.82) is 0 Å². The molecule has 0 bridgehead atoms. The van der Waals surface area contributed by atoms with Gasteiger partial charge < -0.3 is 15.1 Å². The van der Waals surface area contributed by atoms with Gasteiger partial charge >= 0.3 is 0 Å². The number of fused-ring (bicyclic) bond motifs is 3. The maximum Gasteiger partial charge on any atom is 0.267 e. The SMILES string of the molecule is O=C(c1ccc(F)cc1)C1CCN(C(=O)[C@@H]2ON=C3c4ccccc4NC[C@@H]32)CC1. The zero-order valence-electron chi connectivity index (χ0n) is 16.4. The minimum absolute atomic E-state index is 0.0120. The lowest BCUT2D eigenvalue weighted by atomic mass is 9.86. The predicted octanol–water partition coefficient (Wildman–Crippen LogP) is 3.09. The number of anilines is 1. The summed E-state index contributed by atoms with van der Waals surface area (Å²) in [5, 5.41) is 7.59. The van der Waals surface area contributed by atoms with Crippen LogP contribution in [-0.2, 0) is 9.63 Å². The summed E-state index contributed by atoms with van der Waals surface area (Å²) >= 11 is 0. The van der Waals surface area contributed by atoms with Crippen molar-refractivity contribution in [3.63, 3.8) is 0 Å². The second-order valence-corrected chi connectivity index (χ2v) is 8.01. The molecule has 0 spiro atoms. The molecule has 2 aromatic rings. The third-order valence-corrected chi connectivity index (χ3v) is 6.25. The van der Waals surface area contributed by atoms with Gasteiger partial charge in [0.1, 0.15) is 5.82 Å². The van der Waals surface area contributed by atoms with E-state index in [1.54, 1.807) is 4.90 Å². The predicted molar refractivity (Wildman–Crippen MR) is 110 cm³/mol. The smallest absolute Gasteiger partial charge is 0.267 e. The molecule has 154 valence electrons. The quantitative estimate of drug-likeness (QED) is 0.794. The first-order chi connectivity index (χ1) is 14.6. The summed E-state index contributed by atoms with van der Waals surface area (Å²) in [5.74, 6) is -0.694. The molecule has 2 atom stereocenters. The van der Waals surface area contributed by atoms with E-state index >= 15 is 0 Å². The molecule has 0 saturated carbocycles. The Morgan fingerprint density at radius 3 is 2.57 bits per heavy atom. The second-order valence-electron chi connectivity index (χ2n) is 8.01. The van der Waals surface area contributed by atoms with E-state index in [1.165, 1.54) is 24.3 Å². The van der Waals surface area contributed by atoms with Crippen LogP contribution in [0.1, 0.15) is 28.8 Å². The van der Waals surface area contributed by atoms with Gasteiger partial charge in [-0.3, -0.25) is 9.59 Å². The molecule has 2 aromatic carbocycles. The van der Waals surface area contributed by atoms with Crippen LogP contribution < -0.4 is 5.32 Å². The van der Waals surface area contributed by atoms with Crippen molar-refractivity contribution < 1.29 is 18.8 Å². The van der Waals surface area contributed by atoms with Crippen LogP contribution in [0.25, 0.3) is 0 Å². The molecule has 3 aliphatic rings. The largest absolute Gasteiger partial charge is 0.384 e. The molecule has 0 radical (unpaired) electrons. The van der Waals surface area contributed by atoms with Gasteiger partial charge in [-0.15, -0.1) is 0 Å². The second kappa shape index (κ2) is 7.55. The maximum absolute atomic E-state index is 13.1. The van der Waals surface area contributed by atoms with Crippen LogP contribution in [0, 0.1) is 17.7 Å². The molecule has 1 fully saturated rings. The number of nitrogens with one attached hydrogen (secondary N) is 1. The molecule has 0 unspecified atom stereocenters. The van der Waals surface area contributed by atoms with Crippen LogP contribution in [0.3, 0.4) is 0 Å². The minimum Gasteiger partial charge on any atom is -0.384 e. The van der Waals surface area contributed by atoms with Crippen LogP contribution in [0.2, 0.25) is 0 Å². The Balaban J connectivity index is 1.22. The van der Waals surface area contributed by atoms with E-state index in [1.807, 2.05) is 24.3 Å². The fourth-order valence-corrected chi connectivity index (χ4v) is 4.54. The van der Waals surface area contributed by atoms with Crippen LogP contribution in [0.15, 0.2) is 53.7 Å². The summed E-state index contributed by atoms with van der Waals surface area (Å²) in [4.78, 5) is 33.2. The number of hydrogen-bond acceptors (Lipinski definition) is 5. The van der Waals surface area contributed by atoms with Gasteiger partial charge in [-0.2, -0.15) is 0 Å². The first-order valence-electron chi connectivity index (χ1n) is 10.3. The highest BCUT2D eigenvalue weighted by Gasteiger charge is 2.44. The summed E-state index contributed by atoms with van der Waals surface area (Å²) in [6, 6.07) is 13.5. The molecular formula is C23H22FN3O3. The first-order valence-corrected chi connectivity index (χ1v) is 10.3. The summed E-state index contributed by atoms with van der Waals surface area (Å²) in [6.07, 6.45) is 0.549. The van der Waals surface area contributed by atoms with Gasteiger partial charge in [0.05, 0.1) is 11.6 Å². The van der Waals surface area contributed by atoms with E-state index in [2.05, 4.69) is 10.5 Å². The fraction of sp³-hybridized carbons (Fsp3) is 0.348. The average Bonchev–Trinajstić information content (AvgIpc) is 3.23. The van der Waals surface area contributed by atoms with E-state index in [0.29, 0.717) is 38.0 Å². The Kier molecular flexibility index (Phi) is 4.73. The Morgan fingerprint density at radius 2 is 1.80 bits per heavy atom. The highest BCUT2D eigenvalue weighted by atomic mass is 19.1. The van der Waals surface area contributed by atoms with Gasteiger partial charge in [-0.05, 0) is 43.2 Å². The molecule has 3 heterocycles. The number of carbonyl (C=O) groups is 2. The zero-order valence-corrected chi connectivity index (χ0v) is 16.4. The summed E-state index contributed by atoms with van der Waals surface area (Å²) in [5.41, 5.74) is 3.33. The third kappa shape index (κ3) is 3.24. The topological polar surface area (TPSA) is 71.0 Å². The fourth-order valence-electron chi connectivity index (χ4n) is 4.54. The van der Waals surface area contributed by atoms with Crippen molar-refractivity contribution in [3.05, 3.63) is 65.5 Å². The molecule has 30 heavy (non-hydrogen) atoms. The molecule has 5 rings (SSSR count). The lowest BCUT2D eigenvalue weighted by molar-refractivity contribution is -0.145. The number of oxime groups is 1. The third-order valence-electron chi connectivity index (χ3n) is 6.25. The zero-order chi connectivity index (χ0) is 20.7. The summed E-state index contributed by atoms with van der Waals surface area (Å²) in [6.45, 7) is 1.61. The van der Waals surface area contributed by atoms with Crippen molar-refractivity contribution in [2.75, 3.05) is 25.0 Å². The van der Waals surface area contributed by atoms with Crippen molar-refractivity contribution in [3.8, 4) is 0 Å². The highest BCUT2D eigenvalue weighted by Crippen LogP contribution is 2.33. The van der Waals surface area contributed by atoms with Gasteiger partial charge in [0, 0.05) is 42.4 Å². The van der Waals surface area contributed by atoms with Crippen molar-refractivity contribution in [1.82, 2.24) is 4.90 Å². The Bertz CT molecular complexity index is 1010. The molecule has 1 N–H and O–H groups in total. The van der Waals surface area contributed by atoms with Crippen molar-refractivity contribution in [2.24, 2.45) is 17.0 Å². The van der Waals surface area contributed by atoms with Crippen molar-refractivity contribution in [2.45, 2.75) is 18.9 Å². The van der Waals surface area contributed by atoms with Crippen LogP contribution in [0.5, 0.6) is 0 Å². The van der Waals surface area contributed by atoms with Crippen LogP contribution in [0.4, 0.5) is 10.1 Å². The number of Topliss-reactive ketones (excluding diaryl/α,β-unsaturated/α-hetero) is 1. The molecule has 6 nitrogen and oxygen atoms in total. The molecular weight excluding hydrogens is 385 g/mol. The lowest BCUT2D eigenvalue weighted by Crippen LogP contribution is -2.49.